The Labute approximate surface area is 206 Å². The normalized spacial score (nSPS) is 16.8. The van der Waals surface area contributed by atoms with Crippen molar-refractivity contribution in [2.75, 3.05) is 26.2 Å². The molecule has 2 aromatic heterocycles. The van der Waals surface area contributed by atoms with Gasteiger partial charge in [-0.1, -0.05) is 60.7 Å². The molecule has 0 spiro atoms. The molecular weight excluding hydrogens is 434 g/mol. The van der Waals surface area contributed by atoms with Crippen molar-refractivity contribution in [2.45, 2.75) is 31.7 Å². The number of fused-ring (bicyclic) bond motifs is 1. The molecule has 6 heteroatoms. The lowest BCUT2D eigenvalue weighted by molar-refractivity contribution is 0.0599. The Morgan fingerprint density at radius 2 is 1.51 bits per heavy atom. The van der Waals surface area contributed by atoms with Gasteiger partial charge in [-0.15, -0.1) is 0 Å². The van der Waals surface area contributed by atoms with Crippen LogP contribution in [0.4, 0.5) is 0 Å². The molecule has 1 saturated heterocycles. The van der Waals surface area contributed by atoms with E-state index in [4.69, 9.17) is 4.98 Å². The van der Waals surface area contributed by atoms with E-state index in [2.05, 4.69) is 70.7 Å². The van der Waals surface area contributed by atoms with Crippen molar-refractivity contribution in [1.29, 1.82) is 0 Å². The van der Waals surface area contributed by atoms with E-state index in [1.165, 1.54) is 11.1 Å². The summed E-state index contributed by atoms with van der Waals surface area (Å²) in [5.74, 6) is 0.585. The highest BCUT2D eigenvalue weighted by atomic mass is 16.2. The number of nitrogens with zero attached hydrogens (tertiary/aromatic N) is 5. The zero-order chi connectivity index (χ0) is 23.9. The van der Waals surface area contributed by atoms with Crippen molar-refractivity contribution in [3.63, 3.8) is 0 Å². The fraction of sp³-hybridized carbons (Fsp3) is 0.345. The van der Waals surface area contributed by atoms with Crippen molar-refractivity contribution >= 4 is 16.9 Å². The molecule has 1 saturated carbocycles. The van der Waals surface area contributed by atoms with Gasteiger partial charge < -0.3 is 4.90 Å². The van der Waals surface area contributed by atoms with E-state index >= 15 is 0 Å². The number of amides is 1. The average molecular weight is 466 g/mol. The third-order valence-electron chi connectivity index (χ3n) is 7.41. The SMILES string of the molecule is Cc1nn(C)c2nc(C3CC3)cc(C(=O)N3CCN(C(c4ccccc4)c4ccccc4)CC3)c12. The fourth-order valence-electron chi connectivity index (χ4n) is 5.46. The molecule has 0 bridgehead atoms. The number of benzene rings is 2. The first-order valence-corrected chi connectivity index (χ1v) is 12.6. The summed E-state index contributed by atoms with van der Waals surface area (Å²) in [6.07, 6.45) is 2.31. The van der Waals surface area contributed by atoms with Gasteiger partial charge in [0.15, 0.2) is 5.65 Å². The van der Waals surface area contributed by atoms with Crippen LogP contribution < -0.4 is 0 Å². The molecule has 4 aromatic rings. The first-order chi connectivity index (χ1) is 17.1. The molecule has 2 aliphatic rings. The number of rotatable bonds is 5. The van der Waals surface area contributed by atoms with Crippen LogP contribution in [-0.2, 0) is 7.05 Å². The molecule has 35 heavy (non-hydrogen) atoms. The first kappa shape index (κ1) is 22.0. The number of aromatic nitrogens is 3. The van der Waals surface area contributed by atoms with Crippen LogP contribution >= 0.6 is 0 Å². The lowest BCUT2D eigenvalue weighted by Gasteiger charge is -2.40. The number of carbonyl (C=O) groups is 1. The zero-order valence-corrected chi connectivity index (χ0v) is 20.4. The maximum atomic E-state index is 13.8. The standard InChI is InChI=1S/C29H31N5O/c1-20-26-24(19-25(21-13-14-21)30-28(26)32(2)31-20)29(35)34-17-15-33(16-18-34)27(22-9-5-3-6-10-22)23-11-7-4-8-12-23/h3-12,19,21,27H,13-18H2,1-2H3. The van der Waals surface area contributed by atoms with Crippen LogP contribution in [0.25, 0.3) is 11.0 Å². The highest BCUT2D eigenvalue weighted by Gasteiger charge is 2.32. The second kappa shape index (κ2) is 8.93. The summed E-state index contributed by atoms with van der Waals surface area (Å²) < 4.78 is 1.82. The van der Waals surface area contributed by atoms with Crippen LogP contribution in [-0.4, -0.2) is 56.7 Å². The molecule has 1 amide bonds. The van der Waals surface area contributed by atoms with E-state index in [0.717, 1.165) is 53.9 Å². The lowest BCUT2D eigenvalue weighted by Crippen LogP contribution is -2.50. The molecule has 178 valence electrons. The van der Waals surface area contributed by atoms with E-state index in [9.17, 15) is 4.79 Å². The molecule has 0 atom stereocenters. The van der Waals surface area contributed by atoms with Crippen molar-refractivity contribution in [1.82, 2.24) is 24.6 Å². The number of carbonyl (C=O) groups excluding carboxylic acids is 1. The number of hydrogen-bond acceptors (Lipinski definition) is 4. The number of piperazine rings is 1. The summed E-state index contributed by atoms with van der Waals surface area (Å²) in [5.41, 5.74) is 6.06. The number of hydrogen-bond donors (Lipinski definition) is 0. The Kier molecular flexibility index (Phi) is 5.61. The van der Waals surface area contributed by atoms with Crippen LogP contribution in [0.3, 0.4) is 0 Å². The molecule has 0 unspecified atom stereocenters. The first-order valence-electron chi connectivity index (χ1n) is 12.6. The minimum atomic E-state index is 0.103. The van der Waals surface area contributed by atoms with Gasteiger partial charge in [0.05, 0.1) is 22.7 Å². The summed E-state index contributed by atoms with van der Waals surface area (Å²) >= 11 is 0. The van der Waals surface area contributed by atoms with Crippen molar-refractivity contribution < 1.29 is 4.79 Å². The molecule has 2 aromatic carbocycles. The summed E-state index contributed by atoms with van der Waals surface area (Å²) in [7, 11) is 1.92. The number of pyridine rings is 1. The van der Waals surface area contributed by atoms with E-state index < -0.39 is 0 Å². The largest absolute Gasteiger partial charge is 0.336 e. The lowest BCUT2D eigenvalue weighted by atomic mass is 9.96. The second-order valence-electron chi connectivity index (χ2n) is 9.83. The summed E-state index contributed by atoms with van der Waals surface area (Å²) in [4.78, 5) is 23.2. The molecule has 0 radical (unpaired) electrons. The minimum Gasteiger partial charge on any atom is -0.336 e. The van der Waals surface area contributed by atoms with Gasteiger partial charge in [0.25, 0.3) is 5.91 Å². The molecule has 3 heterocycles. The van der Waals surface area contributed by atoms with Gasteiger partial charge >= 0.3 is 0 Å². The van der Waals surface area contributed by atoms with E-state index in [1.807, 2.05) is 29.6 Å². The smallest absolute Gasteiger partial charge is 0.254 e. The third-order valence-corrected chi connectivity index (χ3v) is 7.41. The van der Waals surface area contributed by atoms with E-state index in [0.29, 0.717) is 19.0 Å². The van der Waals surface area contributed by atoms with Crippen LogP contribution in [0.15, 0.2) is 66.7 Å². The highest BCUT2D eigenvalue weighted by Crippen LogP contribution is 2.40. The molecule has 6 nitrogen and oxygen atoms in total. The van der Waals surface area contributed by atoms with Crippen molar-refractivity contribution in [3.05, 3.63) is 94.8 Å². The van der Waals surface area contributed by atoms with Gasteiger partial charge in [0.1, 0.15) is 0 Å². The molecule has 1 aliphatic carbocycles. The van der Waals surface area contributed by atoms with Gasteiger partial charge in [0.2, 0.25) is 0 Å². The van der Waals surface area contributed by atoms with Gasteiger partial charge in [0, 0.05) is 44.8 Å². The highest BCUT2D eigenvalue weighted by molar-refractivity contribution is 6.06. The van der Waals surface area contributed by atoms with Crippen molar-refractivity contribution in [3.8, 4) is 0 Å². The zero-order valence-electron chi connectivity index (χ0n) is 20.4. The predicted molar refractivity (Wildman–Crippen MR) is 137 cm³/mol. The monoisotopic (exact) mass is 465 g/mol. The van der Waals surface area contributed by atoms with E-state index in [-0.39, 0.29) is 11.9 Å². The van der Waals surface area contributed by atoms with Crippen LogP contribution in [0.1, 0.15) is 57.7 Å². The Balaban J connectivity index is 1.27. The van der Waals surface area contributed by atoms with Crippen LogP contribution in [0.5, 0.6) is 0 Å². The second-order valence-corrected chi connectivity index (χ2v) is 9.83. The molecule has 6 rings (SSSR count). The maximum Gasteiger partial charge on any atom is 0.254 e. The topological polar surface area (TPSA) is 54.3 Å². The minimum absolute atomic E-state index is 0.103. The van der Waals surface area contributed by atoms with Gasteiger partial charge in [-0.05, 0) is 37.0 Å². The molecular formula is C29H31N5O. The van der Waals surface area contributed by atoms with Gasteiger partial charge in [-0.25, -0.2) is 4.98 Å². The Morgan fingerprint density at radius 1 is 0.914 bits per heavy atom. The predicted octanol–water partition coefficient (Wildman–Crippen LogP) is 4.70. The Hall–Kier alpha value is -3.51. The summed E-state index contributed by atoms with van der Waals surface area (Å²) in [5, 5.41) is 5.48. The van der Waals surface area contributed by atoms with Crippen molar-refractivity contribution in [2.24, 2.45) is 7.05 Å². The van der Waals surface area contributed by atoms with Crippen LogP contribution in [0, 0.1) is 6.92 Å². The summed E-state index contributed by atoms with van der Waals surface area (Å²) in [6.45, 7) is 5.04. The maximum absolute atomic E-state index is 13.8. The Bertz CT molecular complexity index is 1310. The molecule has 2 fully saturated rings. The Morgan fingerprint density at radius 3 is 2.09 bits per heavy atom. The van der Waals surface area contributed by atoms with E-state index in [1.54, 1.807) is 0 Å². The quantitative estimate of drug-likeness (QED) is 0.429. The third kappa shape index (κ3) is 4.12. The average Bonchev–Trinajstić information content (AvgIpc) is 3.71. The van der Waals surface area contributed by atoms with Gasteiger partial charge in [-0.3, -0.25) is 14.4 Å². The molecule has 0 N–H and O–H groups in total. The summed E-state index contributed by atoms with van der Waals surface area (Å²) in [6, 6.07) is 23.6. The number of aryl methyl sites for hydroxylation is 2. The van der Waals surface area contributed by atoms with Crippen LogP contribution in [0.2, 0.25) is 0 Å². The van der Waals surface area contributed by atoms with Gasteiger partial charge in [-0.2, -0.15) is 5.10 Å². The molecule has 1 aliphatic heterocycles. The fourth-order valence-corrected chi connectivity index (χ4v) is 5.46.